The topological polar surface area (TPSA) is 35.2 Å². The molecule has 0 spiro atoms. The first-order valence-corrected chi connectivity index (χ1v) is 6.67. The molecule has 19 heavy (non-hydrogen) atoms. The molecule has 2 aromatic rings. The van der Waals surface area contributed by atoms with Crippen molar-refractivity contribution >= 4 is 0 Å². The maximum absolute atomic E-state index is 5.92. The number of rotatable bonds is 5. The van der Waals surface area contributed by atoms with Crippen LogP contribution >= 0.6 is 0 Å². The summed E-state index contributed by atoms with van der Waals surface area (Å²) in [5, 5.41) is 0. The zero-order valence-corrected chi connectivity index (χ0v) is 11.6. The van der Waals surface area contributed by atoms with Gasteiger partial charge in [0.2, 0.25) is 0 Å². The van der Waals surface area contributed by atoms with Crippen LogP contribution in [-0.2, 0) is 13.0 Å². The van der Waals surface area contributed by atoms with Crippen LogP contribution in [0.15, 0.2) is 42.5 Å². The summed E-state index contributed by atoms with van der Waals surface area (Å²) >= 11 is 0. The van der Waals surface area contributed by atoms with Crippen LogP contribution in [0, 0.1) is 13.8 Å². The molecular formula is C17H21NO. The first-order valence-electron chi connectivity index (χ1n) is 6.67. The lowest BCUT2D eigenvalue weighted by Gasteiger charge is -2.11. The SMILES string of the molecule is Cc1ccc(COc2ccccc2CCN)cc1C. The van der Waals surface area contributed by atoms with Gasteiger partial charge in [0.05, 0.1) is 0 Å². The number of para-hydroxylation sites is 1. The molecule has 0 amide bonds. The van der Waals surface area contributed by atoms with Gasteiger partial charge in [0.25, 0.3) is 0 Å². The largest absolute Gasteiger partial charge is 0.489 e. The van der Waals surface area contributed by atoms with Gasteiger partial charge in [0, 0.05) is 0 Å². The molecule has 0 heterocycles. The molecule has 2 aromatic carbocycles. The summed E-state index contributed by atoms with van der Waals surface area (Å²) in [6, 6.07) is 14.5. The summed E-state index contributed by atoms with van der Waals surface area (Å²) in [6.45, 7) is 5.49. The van der Waals surface area contributed by atoms with E-state index in [9.17, 15) is 0 Å². The minimum absolute atomic E-state index is 0.600. The van der Waals surface area contributed by atoms with Gasteiger partial charge in [0.1, 0.15) is 12.4 Å². The Hall–Kier alpha value is -1.80. The van der Waals surface area contributed by atoms with Gasteiger partial charge in [-0.2, -0.15) is 0 Å². The number of ether oxygens (including phenoxy) is 1. The Bertz CT molecular complexity index is 549. The van der Waals surface area contributed by atoms with Gasteiger partial charge in [-0.1, -0.05) is 36.4 Å². The van der Waals surface area contributed by atoms with Crippen molar-refractivity contribution in [1.29, 1.82) is 0 Å². The Morgan fingerprint density at radius 3 is 2.53 bits per heavy atom. The Morgan fingerprint density at radius 1 is 1.00 bits per heavy atom. The van der Waals surface area contributed by atoms with E-state index in [0.717, 1.165) is 12.2 Å². The van der Waals surface area contributed by atoms with Gasteiger partial charge in [-0.05, 0) is 55.1 Å². The van der Waals surface area contributed by atoms with Crippen LogP contribution in [0.25, 0.3) is 0 Å². The fourth-order valence-corrected chi connectivity index (χ4v) is 2.06. The van der Waals surface area contributed by atoms with E-state index in [1.54, 1.807) is 0 Å². The van der Waals surface area contributed by atoms with Gasteiger partial charge in [-0.25, -0.2) is 0 Å². The number of hydrogen-bond donors (Lipinski definition) is 1. The van der Waals surface area contributed by atoms with Crippen molar-refractivity contribution in [2.24, 2.45) is 5.73 Å². The van der Waals surface area contributed by atoms with Crippen molar-refractivity contribution < 1.29 is 4.74 Å². The molecule has 100 valence electrons. The normalized spacial score (nSPS) is 10.5. The minimum Gasteiger partial charge on any atom is -0.489 e. The average molecular weight is 255 g/mol. The van der Waals surface area contributed by atoms with Gasteiger partial charge in [-0.3, -0.25) is 0 Å². The van der Waals surface area contributed by atoms with E-state index >= 15 is 0 Å². The summed E-state index contributed by atoms with van der Waals surface area (Å²) in [6.07, 6.45) is 0.850. The van der Waals surface area contributed by atoms with E-state index in [-0.39, 0.29) is 0 Å². The summed E-state index contributed by atoms with van der Waals surface area (Å²) in [5.74, 6) is 0.936. The molecule has 0 aliphatic carbocycles. The van der Waals surface area contributed by atoms with E-state index in [2.05, 4.69) is 38.1 Å². The van der Waals surface area contributed by atoms with Crippen molar-refractivity contribution in [3.8, 4) is 5.75 Å². The van der Waals surface area contributed by atoms with Crippen LogP contribution in [0.5, 0.6) is 5.75 Å². The third kappa shape index (κ3) is 3.58. The predicted molar refractivity (Wildman–Crippen MR) is 79.4 cm³/mol. The van der Waals surface area contributed by atoms with E-state index in [1.165, 1.54) is 22.3 Å². The molecule has 0 aromatic heterocycles. The average Bonchev–Trinajstić information content (AvgIpc) is 2.42. The minimum atomic E-state index is 0.600. The Kier molecular flexibility index (Phi) is 4.58. The summed E-state index contributed by atoms with van der Waals surface area (Å²) in [5.41, 5.74) is 10.6. The Labute approximate surface area is 115 Å². The molecule has 2 rings (SSSR count). The molecule has 0 bridgehead atoms. The lowest BCUT2D eigenvalue weighted by molar-refractivity contribution is 0.303. The highest BCUT2D eigenvalue weighted by Gasteiger charge is 2.03. The van der Waals surface area contributed by atoms with Gasteiger partial charge in [0.15, 0.2) is 0 Å². The lowest BCUT2D eigenvalue weighted by atomic mass is 10.1. The maximum Gasteiger partial charge on any atom is 0.123 e. The third-order valence-electron chi connectivity index (χ3n) is 3.35. The molecule has 0 saturated heterocycles. The highest BCUT2D eigenvalue weighted by atomic mass is 16.5. The monoisotopic (exact) mass is 255 g/mol. The first kappa shape index (κ1) is 13.6. The Balaban J connectivity index is 2.07. The van der Waals surface area contributed by atoms with Crippen molar-refractivity contribution in [3.63, 3.8) is 0 Å². The lowest BCUT2D eigenvalue weighted by Crippen LogP contribution is -2.05. The summed E-state index contributed by atoms with van der Waals surface area (Å²) in [4.78, 5) is 0. The second-order valence-electron chi connectivity index (χ2n) is 4.85. The predicted octanol–water partition coefficient (Wildman–Crippen LogP) is 3.38. The smallest absolute Gasteiger partial charge is 0.123 e. The van der Waals surface area contributed by atoms with E-state index in [0.29, 0.717) is 13.2 Å². The van der Waals surface area contributed by atoms with Crippen molar-refractivity contribution in [2.75, 3.05) is 6.54 Å². The Morgan fingerprint density at radius 2 is 1.79 bits per heavy atom. The van der Waals surface area contributed by atoms with Crippen LogP contribution in [0.2, 0.25) is 0 Å². The highest BCUT2D eigenvalue weighted by molar-refractivity contribution is 5.34. The van der Waals surface area contributed by atoms with Crippen LogP contribution in [-0.4, -0.2) is 6.54 Å². The highest BCUT2D eigenvalue weighted by Crippen LogP contribution is 2.20. The molecule has 2 heteroatoms. The fraction of sp³-hybridized carbons (Fsp3) is 0.294. The van der Waals surface area contributed by atoms with Gasteiger partial charge in [-0.15, -0.1) is 0 Å². The van der Waals surface area contributed by atoms with E-state index in [4.69, 9.17) is 10.5 Å². The molecule has 0 fully saturated rings. The zero-order chi connectivity index (χ0) is 13.7. The van der Waals surface area contributed by atoms with Crippen molar-refractivity contribution in [2.45, 2.75) is 26.9 Å². The number of nitrogens with two attached hydrogens (primary N) is 1. The second-order valence-corrected chi connectivity index (χ2v) is 4.85. The molecule has 2 N–H and O–H groups in total. The molecule has 2 nitrogen and oxygen atoms in total. The zero-order valence-electron chi connectivity index (χ0n) is 11.6. The van der Waals surface area contributed by atoms with Crippen LogP contribution in [0.3, 0.4) is 0 Å². The number of benzene rings is 2. The number of hydrogen-bond acceptors (Lipinski definition) is 2. The first-order chi connectivity index (χ1) is 9.20. The van der Waals surface area contributed by atoms with Crippen LogP contribution in [0.4, 0.5) is 0 Å². The van der Waals surface area contributed by atoms with Crippen molar-refractivity contribution in [3.05, 3.63) is 64.7 Å². The van der Waals surface area contributed by atoms with E-state index in [1.807, 2.05) is 18.2 Å². The standard InChI is InChI=1S/C17H21NO/c1-13-7-8-15(11-14(13)2)12-19-17-6-4-3-5-16(17)9-10-18/h3-8,11H,9-10,12,18H2,1-2H3. The van der Waals surface area contributed by atoms with E-state index < -0.39 is 0 Å². The molecule has 0 aliphatic heterocycles. The molecule has 0 unspecified atom stereocenters. The molecule has 0 saturated carbocycles. The molecule has 0 atom stereocenters. The van der Waals surface area contributed by atoms with Gasteiger partial charge < -0.3 is 10.5 Å². The molecule has 0 aliphatic rings. The summed E-state index contributed by atoms with van der Waals surface area (Å²) in [7, 11) is 0. The number of aryl methyl sites for hydroxylation is 2. The van der Waals surface area contributed by atoms with Crippen molar-refractivity contribution in [1.82, 2.24) is 0 Å². The molecule has 0 radical (unpaired) electrons. The van der Waals surface area contributed by atoms with Crippen LogP contribution < -0.4 is 10.5 Å². The maximum atomic E-state index is 5.92. The second kappa shape index (κ2) is 6.39. The van der Waals surface area contributed by atoms with Gasteiger partial charge >= 0.3 is 0 Å². The summed E-state index contributed by atoms with van der Waals surface area (Å²) < 4.78 is 5.92. The quantitative estimate of drug-likeness (QED) is 0.889. The van der Waals surface area contributed by atoms with Crippen LogP contribution in [0.1, 0.15) is 22.3 Å². The molecular weight excluding hydrogens is 234 g/mol. The fourth-order valence-electron chi connectivity index (χ4n) is 2.06. The third-order valence-corrected chi connectivity index (χ3v) is 3.35.